The largest absolute Gasteiger partial charge is 0.491 e. The third-order valence-electron chi connectivity index (χ3n) is 4.00. The molecule has 1 saturated heterocycles. The quantitative estimate of drug-likeness (QED) is 0.837. The molecule has 1 N–H and O–H groups in total. The van der Waals surface area contributed by atoms with Gasteiger partial charge in [0.15, 0.2) is 5.82 Å². The van der Waals surface area contributed by atoms with E-state index in [2.05, 4.69) is 15.5 Å². The van der Waals surface area contributed by atoms with Crippen LogP contribution in [0.3, 0.4) is 0 Å². The molecule has 1 aromatic heterocycles. The molecular formula is C17H22N4O3. The fourth-order valence-electron chi connectivity index (χ4n) is 2.63. The van der Waals surface area contributed by atoms with Crippen LogP contribution in [-0.4, -0.2) is 40.0 Å². The van der Waals surface area contributed by atoms with Crippen molar-refractivity contribution < 1.29 is 14.3 Å². The molecule has 0 unspecified atom stereocenters. The van der Waals surface area contributed by atoms with Gasteiger partial charge in [-0.05, 0) is 38.0 Å². The first-order chi connectivity index (χ1) is 11.8. The van der Waals surface area contributed by atoms with E-state index in [-0.39, 0.29) is 12.0 Å². The molecule has 1 aromatic carbocycles. The maximum atomic E-state index is 12.3. The fraction of sp³-hybridized carbons (Fsp3) is 0.471. The first kappa shape index (κ1) is 16.4. The molecule has 3 rings (SSSR count). The highest BCUT2D eigenvalue weighted by Crippen LogP contribution is 2.17. The van der Waals surface area contributed by atoms with Gasteiger partial charge in [-0.1, -0.05) is 6.07 Å². The van der Waals surface area contributed by atoms with Gasteiger partial charge in [-0.2, -0.15) is 0 Å². The lowest BCUT2D eigenvalue weighted by Gasteiger charge is -2.12. The molecule has 1 amide bonds. The van der Waals surface area contributed by atoms with Crippen LogP contribution in [0, 0.1) is 0 Å². The number of benzene rings is 1. The molecule has 0 aliphatic carbocycles. The number of carbonyl (C=O) groups excluding carboxylic acids is 1. The zero-order valence-corrected chi connectivity index (χ0v) is 13.8. The van der Waals surface area contributed by atoms with Gasteiger partial charge >= 0.3 is 0 Å². The van der Waals surface area contributed by atoms with Crippen LogP contribution in [0.2, 0.25) is 0 Å². The summed E-state index contributed by atoms with van der Waals surface area (Å²) in [7, 11) is 0. The van der Waals surface area contributed by atoms with E-state index in [1.54, 1.807) is 18.5 Å². The number of carbonyl (C=O) groups is 1. The highest BCUT2D eigenvalue weighted by Gasteiger charge is 2.16. The molecule has 24 heavy (non-hydrogen) atoms. The van der Waals surface area contributed by atoms with E-state index >= 15 is 0 Å². The molecule has 2 heterocycles. The van der Waals surface area contributed by atoms with Crippen molar-refractivity contribution in [3.05, 3.63) is 42.0 Å². The van der Waals surface area contributed by atoms with Crippen molar-refractivity contribution in [1.82, 2.24) is 20.1 Å². The summed E-state index contributed by atoms with van der Waals surface area (Å²) in [6.07, 6.45) is 3.92. The number of rotatable bonds is 7. The minimum absolute atomic E-state index is 0.155. The molecule has 7 heteroatoms. The first-order valence-corrected chi connectivity index (χ1v) is 8.25. The van der Waals surface area contributed by atoms with Crippen LogP contribution in [0.15, 0.2) is 30.6 Å². The SMILES string of the molecule is CCn1cnnc1CNC(=O)c1cccc(OC[C@@H]2CCCO2)c1. The van der Waals surface area contributed by atoms with E-state index in [1.165, 1.54) is 0 Å². The molecule has 7 nitrogen and oxygen atoms in total. The van der Waals surface area contributed by atoms with E-state index in [9.17, 15) is 4.79 Å². The van der Waals surface area contributed by atoms with Gasteiger partial charge in [-0.25, -0.2) is 0 Å². The van der Waals surface area contributed by atoms with Crippen LogP contribution in [0.25, 0.3) is 0 Å². The molecule has 1 atom stereocenters. The summed E-state index contributed by atoms with van der Waals surface area (Å²) >= 11 is 0. The maximum Gasteiger partial charge on any atom is 0.251 e. The molecule has 0 saturated carbocycles. The zero-order chi connectivity index (χ0) is 16.8. The van der Waals surface area contributed by atoms with Gasteiger partial charge in [0, 0.05) is 18.7 Å². The number of aromatic nitrogens is 3. The first-order valence-electron chi connectivity index (χ1n) is 8.25. The predicted molar refractivity (Wildman–Crippen MR) is 87.8 cm³/mol. The van der Waals surface area contributed by atoms with Crippen molar-refractivity contribution in [3.8, 4) is 5.75 Å². The summed E-state index contributed by atoms with van der Waals surface area (Å²) in [4.78, 5) is 12.3. The molecule has 1 aliphatic heterocycles. The van der Waals surface area contributed by atoms with Crippen LogP contribution < -0.4 is 10.1 Å². The standard InChI is InChI=1S/C17H22N4O3/c1-2-21-12-19-20-16(21)10-18-17(22)13-5-3-6-14(9-13)24-11-15-7-4-8-23-15/h3,5-6,9,12,15H,2,4,7-8,10-11H2,1H3,(H,18,22)/t15-/m0/s1. The lowest BCUT2D eigenvalue weighted by atomic mass is 10.2. The van der Waals surface area contributed by atoms with Gasteiger partial charge in [-0.15, -0.1) is 10.2 Å². The van der Waals surface area contributed by atoms with E-state index in [0.717, 1.165) is 31.8 Å². The van der Waals surface area contributed by atoms with Crippen molar-refractivity contribution >= 4 is 5.91 Å². The van der Waals surface area contributed by atoms with Gasteiger partial charge in [0.25, 0.3) is 5.91 Å². The second kappa shape index (κ2) is 7.92. The smallest absolute Gasteiger partial charge is 0.251 e. The second-order valence-corrected chi connectivity index (χ2v) is 5.69. The summed E-state index contributed by atoms with van der Waals surface area (Å²) in [5, 5.41) is 10.7. The van der Waals surface area contributed by atoms with E-state index in [0.29, 0.717) is 24.5 Å². The number of nitrogens with one attached hydrogen (secondary N) is 1. The highest BCUT2D eigenvalue weighted by molar-refractivity contribution is 5.94. The van der Waals surface area contributed by atoms with Gasteiger partial charge in [0.1, 0.15) is 18.7 Å². The predicted octanol–water partition coefficient (Wildman–Crippen LogP) is 1.79. The lowest BCUT2D eigenvalue weighted by molar-refractivity contribution is 0.0679. The lowest BCUT2D eigenvalue weighted by Crippen LogP contribution is -2.24. The van der Waals surface area contributed by atoms with Crippen LogP contribution in [0.5, 0.6) is 5.75 Å². The Morgan fingerprint density at radius 3 is 3.21 bits per heavy atom. The van der Waals surface area contributed by atoms with Crippen molar-refractivity contribution in [2.45, 2.75) is 39.0 Å². The minimum Gasteiger partial charge on any atom is -0.491 e. The Labute approximate surface area is 141 Å². The van der Waals surface area contributed by atoms with Crippen LogP contribution in [0.4, 0.5) is 0 Å². The second-order valence-electron chi connectivity index (χ2n) is 5.69. The van der Waals surface area contributed by atoms with Crippen molar-refractivity contribution in [1.29, 1.82) is 0 Å². The summed E-state index contributed by atoms with van der Waals surface area (Å²) in [5.41, 5.74) is 0.558. The molecular weight excluding hydrogens is 308 g/mol. The number of amides is 1. The van der Waals surface area contributed by atoms with Crippen molar-refractivity contribution in [2.75, 3.05) is 13.2 Å². The number of hydrogen-bond acceptors (Lipinski definition) is 5. The van der Waals surface area contributed by atoms with Crippen molar-refractivity contribution in [3.63, 3.8) is 0 Å². The topological polar surface area (TPSA) is 78.3 Å². The molecule has 128 valence electrons. The fourth-order valence-corrected chi connectivity index (χ4v) is 2.63. The van der Waals surface area contributed by atoms with Gasteiger partial charge in [0.2, 0.25) is 0 Å². The van der Waals surface area contributed by atoms with Gasteiger partial charge in [-0.3, -0.25) is 4.79 Å². The molecule has 0 radical (unpaired) electrons. The number of nitrogens with zero attached hydrogens (tertiary/aromatic N) is 3. The minimum atomic E-state index is -0.164. The average molecular weight is 330 g/mol. The van der Waals surface area contributed by atoms with Crippen LogP contribution >= 0.6 is 0 Å². The Morgan fingerprint density at radius 2 is 2.42 bits per heavy atom. The number of aryl methyl sites for hydroxylation is 1. The Kier molecular flexibility index (Phi) is 5.43. The molecule has 2 aromatic rings. The average Bonchev–Trinajstić information content (AvgIpc) is 3.29. The van der Waals surface area contributed by atoms with Crippen molar-refractivity contribution in [2.24, 2.45) is 0 Å². The highest BCUT2D eigenvalue weighted by atomic mass is 16.5. The Hall–Kier alpha value is -2.41. The van der Waals surface area contributed by atoms with E-state index in [1.807, 2.05) is 23.6 Å². The van der Waals surface area contributed by atoms with E-state index < -0.39 is 0 Å². The number of hydrogen-bond donors (Lipinski definition) is 1. The number of ether oxygens (including phenoxy) is 2. The third-order valence-corrected chi connectivity index (χ3v) is 4.00. The maximum absolute atomic E-state index is 12.3. The van der Waals surface area contributed by atoms with E-state index in [4.69, 9.17) is 9.47 Å². The molecule has 0 spiro atoms. The Bertz CT molecular complexity index is 680. The summed E-state index contributed by atoms with van der Waals surface area (Å²) in [6, 6.07) is 7.17. The van der Waals surface area contributed by atoms with Gasteiger partial charge < -0.3 is 19.4 Å². The van der Waals surface area contributed by atoms with Crippen LogP contribution in [0.1, 0.15) is 35.9 Å². The molecule has 1 aliphatic rings. The zero-order valence-electron chi connectivity index (χ0n) is 13.8. The normalized spacial score (nSPS) is 17.0. The summed E-state index contributed by atoms with van der Waals surface area (Å²) in [5.74, 6) is 1.25. The summed E-state index contributed by atoms with van der Waals surface area (Å²) < 4.78 is 13.2. The molecule has 0 bridgehead atoms. The monoisotopic (exact) mass is 330 g/mol. The van der Waals surface area contributed by atoms with Crippen LogP contribution in [-0.2, 0) is 17.8 Å². The Balaban J connectivity index is 1.55. The Morgan fingerprint density at radius 1 is 1.50 bits per heavy atom. The summed E-state index contributed by atoms with van der Waals surface area (Å²) in [6.45, 7) is 4.44. The van der Waals surface area contributed by atoms with Gasteiger partial charge in [0.05, 0.1) is 12.6 Å². The third kappa shape index (κ3) is 4.11. The molecule has 1 fully saturated rings.